The predicted molar refractivity (Wildman–Crippen MR) is 393 cm³/mol. The van der Waals surface area contributed by atoms with E-state index < -0.39 is 0 Å². The number of hydrogen-bond acceptors (Lipinski definition) is 12. The van der Waals surface area contributed by atoms with Crippen LogP contribution in [-0.4, -0.2) is 50.1 Å². The fourth-order valence-electron chi connectivity index (χ4n) is 11.1. The van der Waals surface area contributed by atoms with E-state index in [9.17, 15) is 19.2 Å². The van der Waals surface area contributed by atoms with E-state index in [1.165, 1.54) is 24.3 Å². The second-order valence-electron chi connectivity index (χ2n) is 24.0. The maximum atomic E-state index is 13.8. The van der Waals surface area contributed by atoms with Gasteiger partial charge in [0.15, 0.2) is 0 Å². The molecule has 1 aliphatic rings. The molecule has 0 spiro atoms. The van der Waals surface area contributed by atoms with Crippen LogP contribution in [0.25, 0.3) is 24.3 Å². The van der Waals surface area contributed by atoms with Gasteiger partial charge in [-0.1, -0.05) is 53.4 Å². The third kappa shape index (κ3) is 20.5. The Morgan fingerprint density at radius 2 is 0.490 bits per heavy atom. The number of nitrogens with one attached hydrogen (secondary N) is 4. The lowest BCUT2D eigenvalue weighted by Gasteiger charge is -2.24. The molecule has 8 bridgehead atoms. The molecule has 0 heterocycles. The molecular weight excluding hydrogens is 1200 g/mol. The monoisotopic (exact) mass is 1290 g/mol. The smallest absolute Gasteiger partial charge is 0.248 e. The molecule has 0 fully saturated rings. The molecule has 8 aromatic carbocycles. The number of nitrogen functional groups attached to an aromatic ring is 4. The minimum Gasteiger partial charge on any atom is -0.493 e. The molecular formula is C80H88N8O8. The average Bonchev–Trinajstić information content (AvgIpc) is 0.778. The lowest BCUT2D eigenvalue weighted by molar-refractivity contribution is -0.112. The van der Waals surface area contributed by atoms with Gasteiger partial charge in [0.1, 0.15) is 23.0 Å². The second-order valence-corrected chi connectivity index (χ2v) is 24.0. The summed E-state index contributed by atoms with van der Waals surface area (Å²) in [5.74, 6) is 1.32. The van der Waals surface area contributed by atoms with Gasteiger partial charge in [-0.3, -0.25) is 19.2 Å². The highest BCUT2D eigenvalue weighted by Gasteiger charge is 2.25. The lowest BCUT2D eigenvalue weighted by Crippen LogP contribution is -2.12. The topological polar surface area (TPSA) is 257 Å². The number of unbranched alkanes of at least 4 members (excludes halogenated alkanes) is 4. The van der Waals surface area contributed by atoms with Gasteiger partial charge in [0.25, 0.3) is 0 Å². The number of hydrogen-bond donors (Lipinski definition) is 8. The van der Waals surface area contributed by atoms with Crippen LogP contribution in [-0.2, 0) is 44.9 Å². The molecule has 0 saturated carbocycles. The van der Waals surface area contributed by atoms with Gasteiger partial charge < -0.3 is 63.1 Å². The normalized spacial score (nSPS) is 12.0. The molecule has 12 N–H and O–H groups in total. The summed E-state index contributed by atoms with van der Waals surface area (Å²) >= 11 is 0. The van der Waals surface area contributed by atoms with Crippen molar-refractivity contribution in [3.05, 3.63) is 237 Å². The summed E-state index contributed by atoms with van der Waals surface area (Å²) in [6.45, 7) is 10.2. The number of nitrogens with two attached hydrogens (primary N) is 4. The Hall–Kier alpha value is -11.0. The molecule has 16 heteroatoms. The van der Waals surface area contributed by atoms with Crippen LogP contribution in [0.2, 0.25) is 0 Å². The Bertz CT molecular complexity index is 3490. The molecule has 8 aromatic rings. The number of rotatable bonds is 28. The molecule has 96 heavy (non-hydrogen) atoms. The largest absolute Gasteiger partial charge is 0.493 e. The van der Waals surface area contributed by atoms with Crippen LogP contribution in [0.15, 0.2) is 170 Å². The van der Waals surface area contributed by atoms with Gasteiger partial charge in [-0.2, -0.15) is 0 Å². The predicted octanol–water partition coefficient (Wildman–Crippen LogP) is 16.0. The quantitative estimate of drug-likeness (QED) is 0.0129. The first-order chi connectivity index (χ1) is 46.6. The van der Waals surface area contributed by atoms with E-state index in [0.29, 0.717) is 94.9 Å². The number of benzene rings is 8. The Morgan fingerprint density at radius 3 is 0.656 bits per heavy atom. The van der Waals surface area contributed by atoms with Crippen molar-refractivity contribution < 1.29 is 38.1 Å². The highest BCUT2D eigenvalue weighted by molar-refractivity contribution is 6.04. The van der Waals surface area contributed by atoms with Crippen molar-refractivity contribution in [1.82, 2.24) is 0 Å². The second kappa shape index (κ2) is 34.8. The minimum absolute atomic E-state index is 0.287. The third-order valence-corrected chi connectivity index (χ3v) is 16.0. The van der Waals surface area contributed by atoms with E-state index in [-0.39, 0.29) is 49.3 Å². The Balaban J connectivity index is 1.32. The maximum absolute atomic E-state index is 13.8. The molecule has 0 atom stereocenters. The van der Waals surface area contributed by atoms with Crippen LogP contribution in [0, 0.1) is 0 Å². The van der Waals surface area contributed by atoms with Crippen LogP contribution in [0.3, 0.4) is 0 Å². The summed E-state index contributed by atoms with van der Waals surface area (Å²) in [4.78, 5) is 55.3. The molecule has 4 amide bonds. The number of carbonyl (C=O) groups is 4. The van der Waals surface area contributed by atoms with Crippen molar-refractivity contribution >= 4 is 93.4 Å². The molecule has 16 nitrogen and oxygen atoms in total. The van der Waals surface area contributed by atoms with Crippen LogP contribution >= 0.6 is 0 Å². The number of carbonyl (C=O) groups excluding carboxylic acids is 4. The summed E-state index contributed by atoms with van der Waals surface area (Å²) in [6, 6.07) is 44.4. The van der Waals surface area contributed by atoms with Crippen LogP contribution < -0.4 is 63.1 Å². The fourth-order valence-corrected chi connectivity index (χ4v) is 11.1. The van der Waals surface area contributed by atoms with E-state index in [4.69, 9.17) is 41.9 Å². The Kier molecular flexibility index (Phi) is 25.1. The first-order valence-electron chi connectivity index (χ1n) is 33.1. The van der Waals surface area contributed by atoms with Gasteiger partial charge in [-0.05, 0) is 262 Å². The molecule has 1 aliphatic carbocycles. The number of ether oxygens (including phenoxy) is 4. The maximum Gasteiger partial charge on any atom is 0.248 e. The van der Waals surface area contributed by atoms with Crippen LogP contribution in [0.5, 0.6) is 23.0 Å². The van der Waals surface area contributed by atoms with Crippen molar-refractivity contribution in [2.45, 2.75) is 105 Å². The average molecular weight is 1290 g/mol. The van der Waals surface area contributed by atoms with Crippen LogP contribution in [0.1, 0.15) is 146 Å². The van der Waals surface area contributed by atoms with E-state index in [1.54, 1.807) is 121 Å². The number of amides is 4. The highest BCUT2D eigenvalue weighted by Crippen LogP contribution is 2.42. The summed E-state index contributed by atoms with van der Waals surface area (Å²) < 4.78 is 28.3. The van der Waals surface area contributed by atoms with Crippen molar-refractivity contribution in [1.29, 1.82) is 0 Å². The van der Waals surface area contributed by atoms with Crippen molar-refractivity contribution in [3.63, 3.8) is 0 Å². The Morgan fingerprint density at radius 1 is 0.312 bits per heavy atom. The molecule has 0 aliphatic heterocycles. The van der Waals surface area contributed by atoms with Gasteiger partial charge in [0.2, 0.25) is 23.6 Å². The first-order valence-corrected chi connectivity index (χ1v) is 33.1. The summed E-state index contributed by atoms with van der Waals surface area (Å²) in [5.41, 5.74) is 38.2. The van der Waals surface area contributed by atoms with Crippen molar-refractivity contribution in [2.24, 2.45) is 0 Å². The van der Waals surface area contributed by atoms with Gasteiger partial charge >= 0.3 is 0 Å². The van der Waals surface area contributed by atoms with E-state index >= 15 is 0 Å². The lowest BCUT2D eigenvalue weighted by atomic mass is 9.88. The molecule has 0 saturated heterocycles. The summed E-state index contributed by atoms with van der Waals surface area (Å²) in [6.07, 6.45) is 21.1. The van der Waals surface area contributed by atoms with E-state index in [1.807, 2.05) is 0 Å². The fraction of sp³-hybridized carbons (Fsp3) is 0.250. The van der Waals surface area contributed by atoms with Crippen LogP contribution in [0.4, 0.5) is 45.5 Å². The SMILES string of the molecule is CCCCOc1c2cc(/C=C/C(=O)Nc3ccc(N)cc3)cc1Cc1cc(/C=C/C(=O)Nc3ccc(N)cc3)cc(c1OCCCC)Cc1cc(/C=C/C(=O)Nc3ccc(N)cc3)cc(c1OCCCC)Cc1cc(/C=C/C(=O)Nc3ccc(N)cc3)cc(c1OCCCC)C2. The zero-order chi connectivity index (χ0) is 67.8. The number of anilines is 8. The zero-order valence-electron chi connectivity index (χ0n) is 55.4. The van der Waals surface area contributed by atoms with Gasteiger partial charge in [-0.25, -0.2) is 0 Å². The van der Waals surface area contributed by atoms with Crippen molar-refractivity contribution in [2.75, 3.05) is 70.6 Å². The highest BCUT2D eigenvalue weighted by atomic mass is 16.5. The molecule has 9 rings (SSSR count). The molecule has 0 radical (unpaired) electrons. The molecule has 0 unspecified atom stereocenters. The standard InChI is InChI=1S/C80H88N8O8/c1-5-9-37-93-77-57-41-53(13-33-73(89)85-69-25-17-65(81)18-26-69)42-58(77)50-60-44-55(15-35-75(91)87-71-29-21-67(83)22-30-71)46-62(79(60)95-39-11-7-3)52-64-48-56(16-36-76(92)88-72-31-23-68(84)24-32-72)47-63(80(64)96-40-12-8-4)51-61-45-54(43-59(49-57)78(61)94-38-10-6-2)14-34-74(90)86-70-27-19-66(82)20-28-70/h13-36,41-48H,5-12,37-40,49-52,81-84H2,1-4H3,(H,85,89)(H,86,90)(H,87,91)(H,88,92)/b33-13+,34-14+,35-15+,36-16+. The van der Waals surface area contributed by atoms with Gasteiger partial charge in [0, 0.05) is 95.5 Å². The number of fused-ring (bicyclic) bond motifs is 8. The first kappa shape index (κ1) is 69.3. The van der Waals surface area contributed by atoms with Gasteiger partial charge in [-0.15, -0.1) is 0 Å². The third-order valence-electron chi connectivity index (χ3n) is 16.0. The molecule has 496 valence electrons. The Labute approximate surface area is 563 Å². The minimum atomic E-state index is -0.339. The molecule has 0 aromatic heterocycles. The van der Waals surface area contributed by atoms with Crippen molar-refractivity contribution in [3.8, 4) is 23.0 Å². The zero-order valence-corrected chi connectivity index (χ0v) is 55.4. The van der Waals surface area contributed by atoms with E-state index in [0.717, 1.165) is 118 Å². The summed E-state index contributed by atoms with van der Waals surface area (Å²) in [7, 11) is 0. The summed E-state index contributed by atoms with van der Waals surface area (Å²) in [5, 5.41) is 11.9. The van der Waals surface area contributed by atoms with E-state index in [2.05, 4.69) is 97.5 Å². The van der Waals surface area contributed by atoms with Gasteiger partial charge in [0.05, 0.1) is 26.4 Å².